The Bertz CT molecular complexity index is 543. The van der Waals surface area contributed by atoms with Crippen LogP contribution in [0.15, 0.2) is 18.2 Å². The lowest BCUT2D eigenvalue weighted by atomic mass is 9.99. The summed E-state index contributed by atoms with van der Waals surface area (Å²) in [5.74, 6) is 6.26. The Morgan fingerprint density at radius 2 is 2.17 bits per heavy atom. The first-order valence-electron chi connectivity index (χ1n) is 6.38. The van der Waals surface area contributed by atoms with Gasteiger partial charge in [0.25, 0.3) is 0 Å². The molecule has 3 N–H and O–H groups in total. The van der Waals surface area contributed by atoms with E-state index in [1.165, 1.54) is 23.2 Å². The van der Waals surface area contributed by atoms with Crippen LogP contribution in [-0.2, 0) is 0 Å². The molecule has 1 aromatic carbocycles. The van der Waals surface area contributed by atoms with E-state index in [0.29, 0.717) is 0 Å². The topological polar surface area (TPSA) is 54.2 Å². The van der Waals surface area contributed by atoms with E-state index in [9.17, 15) is 0 Å². The molecular weight excluding hydrogens is 244 g/mol. The molecule has 1 saturated heterocycles. The van der Waals surface area contributed by atoms with Gasteiger partial charge in [-0.05, 0) is 37.0 Å². The summed E-state index contributed by atoms with van der Waals surface area (Å²) in [6.07, 6.45) is 2.58. The van der Waals surface area contributed by atoms with Crippen LogP contribution < -0.4 is 16.2 Å². The van der Waals surface area contributed by atoms with Gasteiger partial charge in [-0.1, -0.05) is 18.3 Å². The zero-order valence-corrected chi connectivity index (χ0v) is 11.3. The van der Waals surface area contributed by atoms with E-state index in [-0.39, 0.29) is 0 Å². The highest BCUT2D eigenvalue weighted by Crippen LogP contribution is 2.30. The maximum atomic E-state index is 5.40. The predicted molar refractivity (Wildman–Crippen MR) is 78.0 cm³/mol. The van der Waals surface area contributed by atoms with Crippen LogP contribution in [0.2, 0.25) is 0 Å². The average Bonchev–Trinajstić information content (AvgIpc) is 2.81. The average molecular weight is 262 g/mol. The van der Waals surface area contributed by atoms with Gasteiger partial charge in [-0.3, -0.25) is 5.43 Å². The largest absolute Gasteiger partial charge is 0.371 e. The molecule has 5 heteroatoms. The predicted octanol–water partition coefficient (Wildman–Crippen LogP) is 2.82. The van der Waals surface area contributed by atoms with E-state index in [1.807, 2.05) is 0 Å². The number of piperidine rings is 1. The standard InChI is InChI=1S/C13H18N4S/c1-9-4-6-17(7-5-9)10-2-3-11-12(8-10)18-13(15-11)16-14/h2-3,8-9H,4-7,14H2,1H3,(H,15,16). The van der Waals surface area contributed by atoms with Crippen molar-refractivity contribution in [2.45, 2.75) is 19.8 Å². The van der Waals surface area contributed by atoms with Crippen molar-refractivity contribution in [2.24, 2.45) is 11.8 Å². The monoisotopic (exact) mass is 262 g/mol. The quantitative estimate of drug-likeness (QED) is 0.645. The number of hydrogen-bond acceptors (Lipinski definition) is 5. The Labute approximate surface area is 111 Å². The Kier molecular flexibility index (Phi) is 3.09. The van der Waals surface area contributed by atoms with E-state index in [0.717, 1.165) is 29.7 Å². The highest BCUT2D eigenvalue weighted by atomic mass is 32.1. The molecule has 2 heterocycles. The molecule has 0 bridgehead atoms. The second-order valence-corrected chi connectivity index (χ2v) is 6.02. The Morgan fingerprint density at radius 1 is 1.39 bits per heavy atom. The molecule has 0 unspecified atom stereocenters. The fourth-order valence-corrected chi connectivity index (χ4v) is 3.25. The molecule has 0 atom stereocenters. The lowest BCUT2D eigenvalue weighted by molar-refractivity contribution is 0.438. The van der Waals surface area contributed by atoms with E-state index in [4.69, 9.17) is 5.84 Å². The van der Waals surface area contributed by atoms with E-state index < -0.39 is 0 Å². The highest BCUT2D eigenvalue weighted by molar-refractivity contribution is 7.22. The van der Waals surface area contributed by atoms with Gasteiger partial charge in [0.2, 0.25) is 0 Å². The molecule has 4 nitrogen and oxygen atoms in total. The number of hydrazine groups is 1. The van der Waals surface area contributed by atoms with Crippen LogP contribution in [0.1, 0.15) is 19.8 Å². The molecule has 0 radical (unpaired) electrons. The van der Waals surface area contributed by atoms with Crippen LogP contribution in [0.3, 0.4) is 0 Å². The van der Waals surface area contributed by atoms with Crippen LogP contribution >= 0.6 is 11.3 Å². The van der Waals surface area contributed by atoms with Gasteiger partial charge >= 0.3 is 0 Å². The van der Waals surface area contributed by atoms with Crippen molar-refractivity contribution >= 4 is 32.4 Å². The lowest BCUT2D eigenvalue weighted by Gasteiger charge is -2.32. The van der Waals surface area contributed by atoms with Crippen molar-refractivity contribution in [3.63, 3.8) is 0 Å². The molecule has 3 rings (SSSR count). The number of fused-ring (bicyclic) bond motifs is 1. The third kappa shape index (κ3) is 2.15. The van der Waals surface area contributed by atoms with Gasteiger partial charge < -0.3 is 4.90 Å². The van der Waals surface area contributed by atoms with Crippen molar-refractivity contribution in [3.8, 4) is 0 Å². The number of benzene rings is 1. The fraction of sp³-hybridized carbons (Fsp3) is 0.462. The van der Waals surface area contributed by atoms with Gasteiger partial charge in [0.15, 0.2) is 5.13 Å². The molecule has 18 heavy (non-hydrogen) atoms. The molecule has 1 aliphatic rings. The fourth-order valence-electron chi connectivity index (χ4n) is 2.44. The summed E-state index contributed by atoms with van der Waals surface area (Å²) < 4.78 is 1.19. The van der Waals surface area contributed by atoms with Crippen LogP contribution in [0, 0.1) is 5.92 Å². The smallest absolute Gasteiger partial charge is 0.198 e. The van der Waals surface area contributed by atoms with Crippen LogP contribution in [0.25, 0.3) is 10.2 Å². The second-order valence-electron chi connectivity index (χ2n) is 4.98. The zero-order chi connectivity index (χ0) is 12.5. The zero-order valence-electron chi connectivity index (χ0n) is 10.5. The third-order valence-corrected chi connectivity index (χ3v) is 4.59. The summed E-state index contributed by atoms with van der Waals surface area (Å²) in [5.41, 5.74) is 4.94. The molecule has 0 saturated carbocycles. The van der Waals surface area contributed by atoms with Crippen molar-refractivity contribution in [1.29, 1.82) is 0 Å². The summed E-state index contributed by atoms with van der Waals surface area (Å²) in [6.45, 7) is 4.66. The SMILES string of the molecule is CC1CCN(c2ccc3nc(NN)sc3c2)CC1. The number of hydrogen-bond donors (Lipinski definition) is 2. The lowest BCUT2D eigenvalue weighted by Crippen LogP contribution is -2.32. The molecule has 0 amide bonds. The molecule has 1 aliphatic heterocycles. The molecule has 0 spiro atoms. The van der Waals surface area contributed by atoms with Crippen molar-refractivity contribution in [2.75, 3.05) is 23.4 Å². The molecule has 1 aromatic heterocycles. The molecule has 96 valence electrons. The number of nitrogens with two attached hydrogens (primary N) is 1. The van der Waals surface area contributed by atoms with Gasteiger partial charge in [-0.15, -0.1) is 0 Å². The van der Waals surface area contributed by atoms with Gasteiger partial charge in [0, 0.05) is 18.8 Å². The van der Waals surface area contributed by atoms with Gasteiger partial charge in [-0.25, -0.2) is 10.8 Å². The second kappa shape index (κ2) is 4.74. The van der Waals surface area contributed by atoms with Crippen molar-refractivity contribution < 1.29 is 0 Å². The third-order valence-electron chi connectivity index (χ3n) is 3.64. The summed E-state index contributed by atoms with van der Waals surface area (Å²) >= 11 is 1.60. The minimum absolute atomic E-state index is 0.773. The van der Waals surface area contributed by atoms with E-state index >= 15 is 0 Å². The summed E-state index contributed by atoms with van der Waals surface area (Å²) in [6, 6.07) is 6.47. The maximum absolute atomic E-state index is 5.40. The summed E-state index contributed by atoms with van der Waals surface area (Å²) in [5, 5.41) is 0.773. The van der Waals surface area contributed by atoms with Crippen LogP contribution in [0.5, 0.6) is 0 Å². The van der Waals surface area contributed by atoms with Gasteiger partial charge in [0.05, 0.1) is 10.2 Å². The number of thiazole rings is 1. The van der Waals surface area contributed by atoms with Crippen molar-refractivity contribution in [3.05, 3.63) is 18.2 Å². The summed E-state index contributed by atoms with van der Waals surface area (Å²) in [4.78, 5) is 6.86. The first-order valence-corrected chi connectivity index (χ1v) is 7.20. The Balaban J connectivity index is 1.88. The number of aromatic nitrogens is 1. The number of nitrogens with zero attached hydrogens (tertiary/aromatic N) is 2. The Hall–Kier alpha value is -1.33. The van der Waals surface area contributed by atoms with Gasteiger partial charge in [0.1, 0.15) is 0 Å². The Morgan fingerprint density at radius 3 is 2.89 bits per heavy atom. The molecular formula is C13H18N4S. The first-order chi connectivity index (χ1) is 8.76. The minimum atomic E-state index is 0.773. The van der Waals surface area contributed by atoms with Crippen LogP contribution in [-0.4, -0.2) is 18.1 Å². The number of nitrogens with one attached hydrogen (secondary N) is 1. The number of nitrogen functional groups attached to an aromatic ring is 1. The van der Waals surface area contributed by atoms with Gasteiger partial charge in [-0.2, -0.15) is 0 Å². The molecule has 1 fully saturated rings. The van der Waals surface area contributed by atoms with E-state index in [1.54, 1.807) is 11.3 Å². The first kappa shape index (κ1) is 11.7. The van der Waals surface area contributed by atoms with Crippen LogP contribution in [0.4, 0.5) is 10.8 Å². The number of anilines is 2. The summed E-state index contributed by atoms with van der Waals surface area (Å²) in [7, 11) is 0. The maximum Gasteiger partial charge on any atom is 0.198 e. The molecule has 0 aliphatic carbocycles. The number of rotatable bonds is 2. The normalized spacial score (nSPS) is 17.3. The molecule has 2 aromatic rings. The van der Waals surface area contributed by atoms with Crippen molar-refractivity contribution in [1.82, 2.24) is 4.98 Å². The highest BCUT2D eigenvalue weighted by Gasteiger charge is 2.16. The minimum Gasteiger partial charge on any atom is -0.371 e. The van der Waals surface area contributed by atoms with E-state index in [2.05, 4.69) is 40.4 Å².